The number of hydrogen-bond donors (Lipinski definition) is 1. The van der Waals surface area contributed by atoms with Gasteiger partial charge in [0.25, 0.3) is 5.69 Å². The maximum absolute atomic E-state index is 10.8. The van der Waals surface area contributed by atoms with Crippen LogP contribution in [0.4, 0.5) is 11.4 Å². The zero-order valence-corrected chi connectivity index (χ0v) is 15.9. The van der Waals surface area contributed by atoms with E-state index in [9.17, 15) is 10.1 Å². The van der Waals surface area contributed by atoms with E-state index >= 15 is 0 Å². The highest BCUT2D eigenvalue weighted by Gasteiger charge is 2.10. The van der Waals surface area contributed by atoms with Gasteiger partial charge in [0.05, 0.1) is 27.0 Å². The van der Waals surface area contributed by atoms with E-state index < -0.39 is 4.92 Å². The van der Waals surface area contributed by atoms with E-state index in [1.165, 1.54) is 23.5 Å². The number of nitrogens with zero attached hydrogens (tertiary/aromatic N) is 4. The Morgan fingerprint density at radius 1 is 1.00 bits per heavy atom. The number of rotatable bonds is 5. The molecule has 4 aromatic rings. The molecule has 0 unspecified atom stereocenters. The third-order valence-electron chi connectivity index (χ3n) is 3.98. The van der Waals surface area contributed by atoms with Crippen molar-refractivity contribution >= 4 is 45.0 Å². The Balaban J connectivity index is 1.62. The molecule has 0 atom stereocenters. The Morgan fingerprint density at radius 3 is 2.45 bits per heavy atom. The summed E-state index contributed by atoms with van der Waals surface area (Å²) in [6.45, 7) is 0. The van der Waals surface area contributed by atoms with Gasteiger partial charge in [-0.1, -0.05) is 30.3 Å². The van der Waals surface area contributed by atoms with Crippen molar-refractivity contribution in [1.82, 2.24) is 10.4 Å². The number of aliphatic imine (C=N–C) groups is 1. The minimum absolute atomic E-state index is 0.0379. The molecule has 7 nitrogen and oxygen atoms in total. The van der Waals surface area contributed by atoms with Crippen LogP contribution in [0, 0.1) is 10.1 Å². The molecule has 29 heavy (non-hydrogen) atoms. The summed E-state index contributed by atoms with van der Waals surface area (Å²) >= 11 is 1.52. The fourth-order valence-electron chi connectivity index (χ4n) is 2.58. The summed E-state index contributed by atoms with van der Waals surface area (Å²) < 4.78 is 1.06. The molecule has 0 aliphatic carbocycles. The first kappa shape index (κ1) is 18.5. The van der Waals surface area contributed by atoms with E-state index in [1.54, 1.807) is 18.3 Å². The van der Waals surface area contributed by atoms with E-state index in [4.69, 9.17) is 0 Å². The molecule has 1 aromatic heterocycles. The van der Waals surface area contributed by atoms with Crippen LogP contribution in [0.15, 0.2) is 89.0 Å². The number of benzene rings is 3. The van der Waals surface area contributed by atoms with Crippen LogP contribution in [0.3, 0.4) is 0 Å². The Morgan fingerprint density at radius 2 is 1.72 bits per heavy atom. The average Bonchev–Trinajstić information content (AvgIpc) is 3.18. The van der Waals surface area contributed by atoms with Gasteiger partial charge in [0.15, 0.2) is 10.8 Å². The monoisotopic (exact) mass is 401 g/mol. The summed E-state index contributed by atoms with van der Waals surface area (Å²) in [6, 6.07) is 23.6. The number of amidine groups is 1. The van der Waals surface area contributed by atoms with Crippen LogP contribution in [0.2, 0.25) is 0 Å². The Hall–Kier alpha value is -3.91. The number of aromatic nitrogens is 1. The van der Waals surface area contributed by atoms with Crippen molar-refractivity contribution in [3.8, 4) is 0 Å². The lowest BCUT2D eigenvalue weighted by atomic mass is 10.2. The van der Waals surface area contributed by atoms with Gasteiger partial charge < -0.3 is 0 Å². The van der Waals surface area contributed by atoms with Crippen molar-refractivity contribution in [2.24, 2.45) is 10.1 Å². The highest BCUT2D eigenvalue weighted by molar-refractivity contribution is 7.20. The second-order valence-electron chi connectivity index (χ2n) is 6.00. The molecule has 0 amide bonds. The van der Waals surface area contributed by atoms with Crippen molar-refractivity contribution in [3.05, 3.63) is 99.5 Å². The fourth-order valence-corrected chi connectivity index (χ4v) is 3.48. The summed E-state index contributed by atoms with van der Waals surface area (Å²) in [5.74, 6) is 0.524. The summed E-state index contributed by atoms with van der Waals surface area (Å²) in [5, 5.41) is 15.7. The summed E-state index contributed by atoms with van der Waals surface area (Å²) in [6.07, 6.45) is 1.58. The number of nitro groups is 1. The molecule has 0 spiro atoms. The van der Waals surface area contributed by atoms with Gasteiger partial charge >= 0.3 is 0 Å². The topological polar surface area (TPSA) is 92.8 Å². The third-order valence-corrected chi connectivity index (χ3v) is 5.02. The van der Waals surface area contributed by atoms with Gasteiger partial charge in [0.2, 0.25) is 0 Å². The van der Waals surface area contributed by atoms with Crippen LogP contribution in [0.25, 0.3) is 10.2 Å². The molecule has 0 aliphatic rings. The van der Waals surface area contributed by atoms with Crippen LogP contribution < -0.4 is 5.43 Å². The fraction of sp³-hybridized carbons (Fsp3) is 0. The molecule has 142 valence electrons. The summed E-state index contributed by atoms with van der Waals surface area (Å²) in [4.78, 5) is 19.6. The van der Waals surface area contributed by atoms with E-state index in [2.05, 4.69) is 20.5 Å². The van der Waals surface area contributed by atoms with Crippen LogP contribution >= 0.6 is 11.3 Å². The van der Waals surface area contributed by atoms with Crippen molar-refractivity contribution in [3.63, 3.8) is 0 Å². The number of thiazole rings is 1. The van der Waals surface area contributed by atoms with Gasteiger partial charge in [-0.05, 0) is 42.0 Å². The first-order chi connectivity index (χ1) is 14.2. The largest absolute Gasteiger partial charge is 0.269 e. The van der Waals surface area contributed by atoms with Crippen molar-refractivity contribution in [2.45, 2.75) is 0 Å². The van der Waals surface area contributed by atoms with Crippen molar-refractivity contribution < 1.29 is 4.92 Å². The zero-order chi connectivity index (χ0) is 20.1. The van der Waals surface area contributed by atoms with Gasteiger partial charge in [-0.15, -0.1) is 11.3 Å². The third kappa shape index (κ3) is 4.50. The predicted octanol–water partition coefficient (Wildman–Crippen LogP) is 4.91. The van der Waals surface area contributed by atoms with Crippen LogP contribution in [0.5, 0.6) is 0 Å². The molecule has 3 aromatic carbocycles. The molecular weight excluding hydrogens is 386 g/mol. The van der Waals surface area contributed by atoms with Crippen LogP contribution in [-0.4, -0.2) is 22.0 Å². The molecule has 0 saturated carbocycles. The number of nitrogens with one attached hydrogen (secondary N) is 1. The number of hydrogen-bond acceptors (Lipinski definition) is 6. The van der Waals surface area contributed by atoms with Crippen LogP contribution in [0.1, 0.15) is 10.6 Å². The first-order valence-electron chi connectivity index (χ1n) is 8.72. The Kier molecular flexibility index (Phi) is 5.35. The number of non-ortho nitro benzene ring substituents is 1. The molecule has 8 heteroatoms. The normalized spacial score (nSPS) is 11.8. The Labute approximate surface area is 170 Å². The summed E-state index contributed by atoms with van der Waals surface area (Å²) in [7, 11) is 0. The maximum atomic E-state index is 10.8. The maximum Gasteiger partial charge on any atom is 0.269 e. The lowest BCUT2D eigenvalue weighted by Gasteiger charge is -2.03. The molecular formula is C21H15N5O2S. The molecule has 0 bridgehead atoms. The lowest BCUT2D eigenvalue weighted by Crippen LogP contribution is -2.18. The van der Waals surface area contributed by atoms with Crippen molar-refractivity contribution in [2.75, 3.05) is 0 Å². The smallest absolute Gasteiger partial charge is 0.259 e. The standard InChI is InChI=1S/C21H15N5O2S/c27-26(28)17-12-10-15(11-13-17)14-22-25-20(23-16-6-2-1-3-7-16)21-24-18-8-4-5-9-19(18)29-21/h1-14H,(H,23,25)/b22-14-. The Bertz CT molecular complexity index is 1170. The highest BCUT2D eigenvalue weighted by Crippen LogP contribution is 2.23. The molecule has 0 fully saturated rings. The highest BCUT2D eigenvalue weighted by atomic mass is 32.1. The molecule has 1 heterocycles. The lowest BCUT2D eigenvalue weighted by molar-refractivity contribution is -0.384. The minimum Gasteiger partial charge on any atom is -0.259 e. The van der Waals surface area contributed by atoms with Crippen molar-refractivity contribution in [1.29, 1.82) is 0 Å². The number of para-hydroxylation sites is 2. The number of hydrazone groups is 1. The number of fused-ring (bicyclic) bond motifs is 1. The van der Waals surface area contributed by atoms with E-state index in [0.717, 1.165) is 26.5 Å². The average molecular weight is 401 g/mol. The molecule has 4 rings (SSSR count). The molecule has 0 radical (unpaired) electrons. The van der Waals surface area contributed by atoms with E-state index in [0.29, 0.717) is 5.84 Å². The summed E-state index contributed by atoms with van der Waals surface area (Å²) in [5.41, 5.74) is 5.41. The molecule has 0 aliphatic heterocycles. The number of nitro benzene ring substituents is 1. The predicted molar refractivity (Wildman–Crippen MR) is 116 cm³/mol. The second kappa shape index (κ2) is 8.41. The zero-order valence-electron chi connectivity index (χ0n) is 15.1. The van der Waals surface area contributed by atoms with Gasteiger partial charge in [-0.2, -0.15) is 5.10 Å². The second-order valence-corrected chi connectivity index (χ2v) is 7.03. The molecule has 1 N–H and O–H groups in total. The SMILES string of the molecule is O=[N+]([O-])c1ccc(/C=N\NC(=Nc2ccccc2)c2nc3ccccc3s2)cc1. The van der Waals surface area contributed by atoms with Crippen LogP contribution in [-0.2, 0) is 0 Å². The minimum atomic E-state index is -0.434. The van der Waals surface area contributed by atoms with E-state index in [-0.39, 0.29) is 5.69 Å². The van der Waals surface area contributed by atoms with Gasteiger partial charge in [-0.25, -0.2) is 9.98 Å². The van der Waals surface area contributed by atoms with E-state index in [1.807, 2.05) is 54.6 Å². The van der Waals surface area contributed by atoms with Gasteiger partial charge in [0, 0.05) is 12.1 Å². The molecule has 0 saturated heterocycles. The van der Waals surface area contributed by atoms with Gasteiger partial charge in [0.1, 0.15) is 0 Å². The first-order valence-corrected chi connectivity index (χ1v) is 9.54. The quantitative estimate of drug-likeness (QED) is 0.223. The van der Waals surface area contributed by atoms with Gasteiger partial charge in [-0.3, -0.25) is 15.5 Å².